The average Bonchev–Trinajstić information content (AvgIpc) is 2.68. The first-order valence-corrected chi connectivity index (χ1v) is 7.44. The summed E-state index contributed by atoms with van der Waals surface area (Å²) >= 11 is 0. The Balaban J connectivity index is 1.87. The van der Waals surface area contributed by atoms with Gasteiger partial charge in [-0.2, -0.15) is 0 Å². The molecule has 1 aliphatic rings. The summed E-state index contributed by atoms with van der Waals surface area (Å²) in [5.41, 5.74) is 3.28. The summed E-state index contributed by atoms with van der Waals surface area (Å²) in [7, 11) is 0. The van der Waals surface area contributed by atoms with Gasteiger partial charge in [0.05, 0.1) is 0 Å². The average molecular weight is 245 g/mol. The van der Waals surface area contributed by atoms with E-state index >= 15 is 0 Å². The Morgan fingerprint density at radius 1 is 1.22 bits per heavy atom. The van der Waals surface area contributed by atoms with Crippen molar-refractivity contribution in [2.75, 3.05) is 5.32 Å². The van der Waals surface area contributed by atoms with Crippen molar-refractivity contribution in [2.45, 2.75) is 65.3 Å². The van der Waals surface area contributed by atoms with Crippen molar-refractivity contribution in [3.8, 4) is 0 Å². The van der Waals surface area contributed by atoms with Crippen molar-refractivity contribution in [3.05, 3.63) is 29.8 Å². The zero-order chi connectivity index (χ0) is 13.0. The Morgan fingerprint density at radius 3 is 2.50 bits per heavy atom. The number of benzene rings is 1. The molecule has 18 heavy (non-hydrogen) atoms. The summed E-state index contributed by atoms with van der Waals surface area (Å²) in [4.78, 5) is 0. The fourth-order valence-electron chi connectivity index (χ4n) is 2.94. The molecule has 1 heteroatoms. The van der Waals surface area contributed by atoms with Crippen LogP contribution in [0.3, 0.4) is 0 Å². The molecule has 0 bridgehead atoms. The number of rotatable bonds is 5. The van der Waals surface area contributed by atoms with Gasteiger partial charge in [0.1, 0.15) is 0 Å². The van der Waals surface area contributed by atoms with E-state index < -0.39 is 0 Å². The minimum Gasteiger partial charge on any atom is -0.382 e. The summed E-state index contributed by atoms with van der Waals surface area (Å²) in [5, 5.41) is 3.68. The maximum Gasteiger partial charge on any atom is 0.0342 e. The first-order valence-electron chi connectivity index (χ1n) is 7.44. The van der Waals surface area contributed by atoms with Gasteiger partial charge in [0, 0.05) is 11.7 Å². The van der Waals surface area contributed by atoms with Crippen LogP contribution in [-0.2, 0) is 6.42 Å². The summed E-state index contributed by atoms with van der Waals surface area (Å²) in [5.74, 6) is 0. The second kappa shape index (κ2) is 5.77. The monoisotopic (exact) mass is 245 g/mol. The maximum atomic E-state index is 3.68. The molecule has 100 valence electrons. The van der Waals surface area contributed by atoms with Gasteiger partial charge in [-0.25, -0.2) is 0 Å². The zero-order valence-corrected chi connectivity index (χ0v) is 12.1. The lowest BCUT2D eigenvalue weighted by Gasteiger charge is -2.18. The second-order valence-electron chi connectivity index (χ2n) is 6.55. The molecule has 1 aliphatic carbocycles. The SMILES string of the molecule is CCCCc1ccc(NC2CCC(C)(C)C2)cc1. The predicted octanol–water partition coefficient (Wildman–Crippen LogP) is 5.02. The highest BCUT2D eigenvalue weighted by Gasteiger charge is 2.30. The summed E-state index contributed by atoms with van der Waals surface area (Å²) in [6.45, 7) is 7.00. The lowest BCUT2D eigenvalue weighted by Crippen LogP contribution is -2.17. The van der Waals surface area contributed by atoms with Crippen LogP contribution in [0, 0.1) is 5.41 Å². The number of unbranched alkanes of at least 4 members (excludes halogenated alkanes) is 1. The van der Waals surface area contributed by atoms with Crippen LogP contribution in [0.25, 0.3) is 0 Å². The van der Waals surface area contributed by atoms with Crippen LogP contribution in [0.1, 0.15) is 58.4 Å². The van der Waals surface area contributed by atoms with Crippen molar-refractivity contribution >= 4 is 5.69 Å². The van der Waals surface area contributed by atoms with Gasteiger partial charge >= 0.3 is 0 Å². The minimum absolute atomic E-state index is 0.527. The fraction of sp³-hybridized carbons (Fsp3) is 0.647. The van der Waals surface area contributed by atoms with Crippen LogP contribution in [0.5, 0.6) is 0 Å². The first-order chi connectivity index (χ1) is 8.59. The minimum atomic E-state index is 0.527. The van der Waals surface area contributed by atoms with E-state index in [1.54, 1.807) is 0 Å². The molecule has 1 nitrogen and oxygen atoms in total. The number of hydrogen-bond donors (Lipinski definition) is 1. The van der Waals surface area contributed by atoms with Crippen molar-refractivity contribution in [1.29, 1.82) is 0 Å². The van der Waals surface area contributed by atoms with Crippen LogP contribution < -0.4 is 5.32 Å². The molecule has 0 radical (unpaired) electrons. The third kappa shape index (κ3) is 3.76. The molecule has 0 heterocycles. The molecule has 0 aromatic heterocycles. The summed E-state index contributed by atoms with van der Waals surface area (Å²) in [6, 6.07) is 9.71. The highest BCUT2D eigenvalue weighted by Crippen LogP contribution is 2.38. The normalized spacial score (nSPS) is 22.1. The third-order valence-corrected chi connectivity index (χ3v) is 4.11. The molecule has 1 atom stereocenters. The molecular formula is C17H27N. The Bertz CT molecular complexity index is 364. The summed E-state index contributed by atoms with van der Waals surface area (Å²) < 4.78 is 0. The molecule has 2 rings (SSSR count). The first kappa shape index (κ1) is 13.5. The predicted molar refractivity (Wildman–Crippen MR) is 80.1 cm³/mol. The molecule has 1 saturated carbocycles. The quantitative estimate of drug-likeness (QED) is 0.768. The van der Waals surface area contributed by atoms with Crippen LogP contribution in [0.15, 0.2) is 24.3 Å². The highest BCUT2D eigenvalue weighted by atomic mass is 14.9. The maximum absolute atomic E-state index is 3.68. The molecule has 1 aromatic carbocycles. The Labute approximate surface area is 112 Å². The van der Waals surface area contributed by atoms with E-state index in [9.17, 15) is 0 Å². The fourth-order valence-corrected chi connectivity index (χ4v) is 2.94. The van der Waals surface area contributed by atoms with Gasteiger partial charge in [-0.15, -0.1) is 0 Å². The van der Waals surface area contributed by atoms with Crippen molar-refractivity contribution in [2.24, 2.45) is 5.41 Å². The van der Waals surface area contributed by atoms with Gasteiger partial charge in [-0.05, 0) is 55.2 Å². The zero-order valence-electron chi connectivity index (χ0n) is 12.1. The van der Waals surface area contributed by atoms with E-state index in [4.69, 9.17) is 0 Å². The van der Waals surface area contributed by atoms with Crippen LogP contribution in [-0.4, -0.2) is 6.04 Å². The van der Waals surface area contributed by atoms with Gasteiger partial charge in [-0.3, -0.25) is 0 Å². The molecule has 1 N–H and O–H groups in total. The van der Waals surface area contributed by atoms with Crippen LogP contribution in [0.2, 0.25) is 0 Å². The molecule has 0 saturated heterocycles. The molecule has 0 amide bonds. The van der Waals surface area contributed by atoms with E-state index in [1.165, 1.54) is 49.8 Å². The number of nitrogens with one attached hydrogen (secondary N) is 1. The van der Waals surface area contributed by atoms with Gasteiger partial charge < -0.3 is 5.32 Å². The lowest BCUT2D eigenvalue weighted by atomic mass is 9.92. The molecule has 1 aromatic rings. The van der Waals surface area contributed by atoms with Crippen LogP contribution >= 0.6 is 0 Å². The van der Waals surface area contributed by atoms with Crippen molar-refractivity contribution < 1.29 is 0 Å². The highest BCUT2D eigenvalue weighted by molar-refractivity contribution is 5.45. The van der Waals surface area contributed by atoms with Gasteiger partial charge in [0.25, 0.3) is 0 Å². The molecule has 0 aliphatic heterocycles. The Hall–Kier alpha value is -0.980. The number of anilines is 1. The Kier molecular flexibility index (Phi) is 4.31. The smallest absolute Gasteiger partial charge is 0.0342 e. The van der Waals surface area contributed by atoms with Crippen LogP contribution in [0.4, 0.5) is 5.69 Å². The largest absolute Gasteiger partial charge is 0.382 e. The van der Waals surface area contributed by atoms with Gasteiger partial charge in [0.15, 0.2) is 0 Å². The lowest BCUT2D eigenvalue weighted by molar-refractivity contribution is 0.378. The van der Waals surface area contributed by atoms with Gasteiger partial charge in [-0.1, -0.05) is 39.3 Å². The molecule has 1 fully saturated rings. The van der Waals surface area contributed by atoms with E-state index in [-0.39, 0.29) is 0 Å². The molecule has 1 unspecified atom stereocenters. The molecule has 0 spiro atoms. The number of aryl methyl sites for hydroxylation is 1. The van der Waals surface area contributed by atoms with E-state index in [0.717, 1.165) is 0 Å². The van der Waals surface area contributed by atoms with Gasteiger partial charge in [0.2, 0.25) is 0 Å². The number of hydrogen-bond acceptors (Lipinski definition) is 1. The topological polar surface area (TPSA) is 12.0 Å². The van der Waals surface area contributed by atoms with E-state index in [2.05, 4.69) is 50.4 Å². The standard InChI is InChI=1S/C17H27N/c1-4-5-6-14-7-9-15(10-8-14)18-16-11-12-17(2,3)13-16/h7-10,16,18H,4-6,11-13H2,1-3H3. The molecular weight excluding hydrogens is 218 g/mol. The summed E-state index contributed by atoms with van der Waals surface area (Å²) in [6.07, 6.45) is 7.74. The van der Waals surface area contributed by atoms with Crippen molar-refractivity contribution in [3.63, 3.8) is 0 Å². The van der Waals surface area contributed by atoms with E-state index in [1.807, 2.05) is 0 Å². The second-order valence-corrected chi connectivity index (χ2v) is 6.55. The van der Waals surface area contributed by atoms with Crippen molar-refractivity contribution in [1.82, 2.24) is 0 Å². The van der Waals surface area contributed by atoms with E-state index in [0.29, 0.717) is 11.5 Å². The third-order valence-electron chi connectivity index (χ3n) is 4.11. The Morgan fingerprint density at radius 2 is 1.94 bits per heavy atom.